The van der Waals surface area contributed by atoms with E-state index in [0.29, 0.717) is 17.9 Å². The largest absolute Gasteiger partial charge is 0.494 e. The van der Waals surface area contributed by atoms with Gasteiger partial charge in [0, 0.05) is 10.7 Å². The zero-order valence-electron chi connectivity index (χ0n) is 14.8. The van der Waals surface area contributed by atoms with Crippen molar-refractivity contribution in [2.24, 2.45) is 4.99 Å². The number of para-hydroxylation sites is 1. The monoisotopic (exact) mass is 423 g/mol. The van der Waals surface area contributed by atoms with E-state index in [2.05, 4.69) is 20.9 Å². The summed E-state index contributed by atoms with van der Waals surface area (Å²) in [6, 6.07) is 21.8. The van der Waals surface area contributed by atoms with E-state index in [1.807, 2.05) is 43.3 Å². The lowest BCUT2D eigenvalue weighted by atomic mass is 10.2. The van der Waals surface area contributed by atoms with Gasteiger partial charge in [-0.3, -0.25) is 4.99 Å². The maximum absolute atomic E-state index is 12.2. The average Bonchev–Trinajstić information content (AvgIpc) is 2.69. The van der Waals surface area contributed by atoms with Gasteiger partial charge in [-0.15, -0.1) is 0 Å². The highest BCUT2D eigenvalue weighted by molar-refractivity contribution is 9.10. The van der Waals surface area contributed by atoms with Crippen LogP contribution in [0.15, 0.2) is 82.3 Å². The van der Waals surface area contributed by atoms with Crippen molar-refractivity contribution in [1.29, 1.82) is 0 Å². The van der Waals surface area contributed by atoms with Crippen molar-refractivity contribution in [1.82, 2.24) is 0 Å². The van der Waals surface area contributed by atoms with Gasteiger partial charge in [0.1, 0.15) is 11.5 Å². The van der Waals surface area contributed by atoms with E-state index in [0.717, 1.165) is 21.5 Å². The highest BCUT2D eigenvalue weighted by Crippen LogP contribution is 2.24. The second kappa shape index (κ2) is 9.14. The van der Waals surface area contributed by atoms with Crippen molar-refractivity contribution in [2.45, 2.75) is 6.92 Å². The molecule has 0 radical (unpaired) electrons. The van der Waals surface area contributed by atoms with Gasteiger partial charge in [0.05, 0.1) is 17.9 Å². The number of carbonyl (C=O) groups is 1. The van der Waals surface area contributed by atoms with E-state index in [-0.39, 0.29) is 0 Å². The van der Waals surface area contributed by atoms with Gasteiger partial charge < -0.3 is 9.47 Å². The summed E-state index contributed by atoms with van der Waals surface area (Å²) in [5.74, 6) is 0.794. The smallest absolute Gasteiger partial charge is 0.343 e. The van der Waals surface area contributed by atoms with E-state index in [1.54, 1.807) is 42.6 Å². The fraction of sp³-hybridized carbons (Fsp3) is 0.0909. The number of hydrogen-bond donors (Lipinski definition) is 0. The molecule has 5 heteroatoms. The molecule has 0 heterocycles. The van der Waals surface area contributed by atoms with Gasteiger partial charge in [-0.05, 0) is 89.1 Å². The lowest BCUT2D eigenvalue weighted by Gasteiger charge is -2.06. The Kier molecular flexibility index (Phi) is 6.39. The number of hydrogen-bond acceptors (Lipinski definition) is 4. The van der Waals surface area contributed by atoms with Crippen LogP contribution in [0, 0.1) is 0 Å². The Hall–Kier alpha value is -2.92. The van der Waals surface area contributed by atoms with Gasteiger partial charge in [0.15, 0.2) is 0 Å². The lowest BCUT2D eigenvalue weighted by Crippen LogP contribution is -2.08. The predicted molar refractivity (Wildman–Crippen MR) is 110 cm³/mol. The van der Waals surface area contributed by atoms with Crippen molar-refractivity contribution < 1.29 is 14.3 Å². The number of carbonyl (C=O) groups excluding carboxylic acids is 1. The highest BCUT2D eigenvalue weighted by atomic mass is 79.9. The third-order valence-corrected chi connectivity index (χ3v) is 4.37. The number of nitrogens with zero attached hydrogens (tertiary/aromatic N) is 1. The molecule has 0 aromatic heterocycles. The van der Waals surface area contributed by atoms with Crippen LogP contribution >= 0.6 is 15.9 Å². The topological polar surface area (TPSA) is 47.9 Å². The zero-order chi connectivity index (χ0) is 19.1. The molecule has 136 valence electrons. The Balaban J connectivity index is 1.63. The number of halogens is 1. The van der Waals surface area contributed by atoms with Crippen LogP contribution in [0.2, 0.25) is 0 Å². The standard InChI is InChI=1S/C22H18BrNO3/c1-2-26-18-13-9-17(10-14-18)22(25)27-19-11-7-16(8-12-19)15-24-21-6-4-3-5-20(21)23/h3-15H,2H2,1H3. The Labute approximate surface area is 166 Å². The molecular formula is C22H18BrNO3. The number of rotatable bonds is 6. The van der Waals surface area contributed by atoms with Crippen LogP contribution in [-0.4, -0.2) is 18.8 Å². The first-order chi connectivity index (χ1) is 13.2. The normalized spacial score (nSPS) is 10.7. The van der Waals surface area contributed by atoms with Gasteiger partial charge in [0.25, 0.3) is 0 Å². The van der Waals surface area contributed by atoms with Crippen LogP contribution < -0.4 is 9.47 Å². The van der Waals surface area contributed by atoms with Crippen LogP contribution in [0.4, 0.5) is 5.69 Å². The number of benzene rings is 3. The Morgan fingerprint density at radius 3 is 2.30 bits per heavy atom. The van der Waals surface area contributed by atoms with Crippen LogP contribution in [0.1, 0.15) is 22.8 Å². The van der Waals surface area contributed by atoms with Crippen LogP contribution in [0.5, 0.6) is 11.5 Å². The van der Waals surface area contributed by atoms with Crippen molar-refractivity contribution in [3.63, 3.8) is 0 Å². The maximum Gasteiger partial charge on any atom is 0.343 e. The van der Waals surface area contributed by atoms with Gasteiger partial charge in [-0.2, -0.15) is 0 Å². The Morgan fingerprint density at radius 2 is 1.63 bits per heavy atom. The molecular weight excluding hydrogens is 406 g/mol. The summed E-state index contributed by atoms with van der Waals surface area (Å²) < 4.78 is 11.7. The lowest BCUT2D eigenvalue weighted by molar-refractivity contribution is 0.0734. The third kappa shape index (κ3) is 5.28. The molecule has 4 nitrogen and oxygen atoms in total. The van der Waals surface area contributed by atoms with Gasteiger partial charge in [-0.1, -0.05) is 12.1 Å². The molecule has 27 heavy (non-hydrogen) atoms. The molecule has 0 amide bonds. The average molecular weight is 424 g/mol. The van der Waals surface area contributed by atoms with Crippen molar-refractivity contribution in [3.8, 4) is 11.5 Å². The molecule has 0 saturated heterocycles. The molecule has 0 unspecified atom stereocenters. The fourth-order valence-corrected chi connectivity index (χ4v) is 2.73. The maximum atomic E-state index is 12.2. The minimum absolute atomic E-state index is 0.410. The molecule has 3 rings (SSSR count). The van der Waals surface area contributed by atoms with Crippen molar-refractivity contribution in [3.05, 3.63) is 88.4 Å². The van der Waals surface area contributed by atoms with Crippen LogP contribution in [-0.2, 0) is 0 Å². The number of aliphatic imine (C=N–C) groups is 1. The summed E-state index contributed by atoms with van der Waals surface area (Å²) in [5, 5.41) is 0. The van der Waals surface area contributed by atoms with E-state index in [1.165, 1.54) is 0 Å². The van der Waals surface area contributed by atoms with Gasteiger partial charge in [-0.25, -0.2) is 4.79 Å². The summed E-state index contributed by atoms with van der Waals surface area (Å²) in [6.45, 7) is 2.50. The first-order valence-corrected chi connectivity index (χ1v) is 9.28. The summed E-state index contributed by atoms with van der Waals surface area (Å²) in [6.07, 6.45) is 1.76. The number of ether oxygens (including phenoxy) is 2. The SMILES string of the molecule is CCOc1ccc(C(=O)Oc2ccc(C=Nc3ccccc3Br)cc2)cc1. The van der Waals surface area contributed by atoms with Gasteiger partial charge >= 0.3 is 5.97 Å². The predicted octanol–water partition coefficient (Wildman–Crippen LogP) is 5.82. The molecule has 0 atom stereocenters. The summed E-state index contributed by atoms with van der Waals surface area (Å²) >= 11 is 3.46. The molecule has 0 aliphatic rings. The Bertz CT molecular complexity index is 935. The molecule has 0 aliphatic carbocycles. The molecule has 3 aromatic carbocycles. The van der Waals surface area contributed by atoms with Crippen LogP contribution in [0.3, 0.4) is 0 Å². The molecule has 0 bridgehead atoms. The molecule has 3 aromatic rings. The third-order valence-electron chi connectivity index (χ3n) is 3.70. The van der Waals surface area contributed by atoms with E-state index in [4.69, 9.17) is 9.47 Å². The number of esters is 1. The molecule has 0 N–H and O–H groups in total. The molecule has 0 spiro atoms. The molecule has 0 saturated carbocycles. The first kappa shape index (κ1) is 18.9. The van der Waals surface area contributed by atoms with E-state index in [9.17, 15) is 4.79 Å². The van der Waals surface area contributed by atoms with E-state index < -0.39 is 5.97 Å². The first-order valence-electron chi connectivity index (χ1n) is 8.49. The second-order valence-electron chi connectivity index (χ2n) is 5.63. The van der Waals surface area contributed by atoms with Crippen LogP contribution in [0.25, 0.3) is 0 Å². The van der Waals surface area contributed by atoms with E-state index >= 15 is 0 Å². The Morgan fingerprint density at radius 1 is 0.963 bits per heavy atom. The molecule has 0 fully saturated rings. The van der Waals surface area contributed by atoms with Crippen molar-refractivity contribution in [2.75, 3.05) is 6.61 Å². The summed E-state index contributed by atoms with van der Waals surface area (Å²) in [5.41, 5.74) is 2.23. The fourth-order valence-electron chi connectivity index (χ4n) is 2.34. The second-order valence-corrected chi connectivity index (χ2v) is 6.48. The highest BCUT2D eigenvalue weighted by Gasteiger charge is 2.08. The van der Waals surface area contributed by atoms with Gasteiger partial charge in [0.2, 0.25) is 0 Å². The zero-order valence-corrected chi connectivity index (χ0v) is 16.3. The summed E-state index contributed by atoms with van der Waals surface area (Å²) in [7, 11) is 0. The summed E-state index contributed by atoms with van der Waals surface area (Å²) in [4.78, 5) is 16.7. The van der Waals surface area contributed by atoms with Crippen molar-refractivity contribution >= 4 is 33.8 Å². The quantitative estimate of drug-likeness (QED) is 0.285. The molecule has 0 aliphatic heterocycles. The minimum Gasteiger partial charge on any atom is -0.494 e. The minimum atomic E-state index is -0.410.